The van der Waals surface area contributed by atoms with Crippen LogP contribution >= 0.6 is 11.6 Å². The highest BCUT2D eigenvalue weighted by molar-refractivity contribution is 6.33. The number of primary amides is 1. The number of aromatic nitrogens is 3. The summed E-state index contributed by atoms with van der Waals surface area (Å²) < 4.78 is 10.8. The quantitative estimate of drug-likeness (QED) is 0.389. The average Bonchev–Trinajstić information content (AvgIpc) is 2.80. The van der Waals surface area contributed by atoms with Crippen LogP contribution in [0.3, 0.4) is 0 Å². The Balaban J connectivity index is 1.78. The minimum Gasteiger partial charge on any atom is -0.475 e. The lowest BCUT2D eigenvalue weighted by Gasteiger charge is -2.09. The molecule has 2 heterocycles. The van der Waals surface area contributed by atoms with E-state index in [-0.39, 0.29) is 11.5 Å². The van der Waals surface area contributed by atoms with Gasteiger partial charge in [-0.2, -0.15) is 0 Å². The second-order valence-electron chi connectivity index (χ2n) is 7.40. The molecule has 3 N–H and O–H groups in total. The standard InChI is InChI=1S/C24H27ClN4O4/c1-2-32-11-12-33-23-10-8-17(15-27-23)20-14-22(31)29-24(28-20)18-13-16(7-9-19(18)25)5-3-4-6-21(26)30/h7-10,13-15H,2-6,11-12H2,1H3,(H2,26,30)(H,28,29,31). The molecule has 9 heteroatoms. The van der Waals surface area contributed by atoms with Crippen LogP contribution in [0, 0.1) is 0 Å². The van der Waals surface area contributed by atoms with Gasteiger partial charge < -0.3 is 20.2 Å². The molecule has 0 unspecified atom stereocenters. The highest BCUT2D eigenvalue weighted by atomic mass is 35.5. The van der Waals surface area contributed by atoms with Gasteiger partial charge >= 0.3 is 0 Å². The van der Waals surface area contributed by atoms with Crippen LogP contribution in [-0.4, -0.2) is 40.7 Å². The fraction of sp³-hybridized carbons (Fsp3) is 0.333. The molecule has 0 saturated carbocycles. The lowest BCUT2D eigenvalue weighted by atomic mass is 10.0. The van der Waals surface area contributed by atoms with Crippen LogP contribution in [0.1, 0.15) is 31.7 Å². The van der Waals surface area contributed by atoms with Gasteiger partial charge in [-0.15, -0.1) is 0 Å². The number of ether oxygens (including phenoxy) is 2. The maximum atomic E-state index is 12.4. The fourth-order valence-electron chi connectivity index (χ4n) is 3.24. The molecule has 1 amide bonds. The number of H-pyrrole nitrogens is 1. The lowest BCUT2D eigenvalue weighted by molar-refractivity contribution is -0.118. The number of unbranched alkanes of at least 4 members (excludes halogenated alkanes) is 1. The van der Waals surface area contributed by atoms with Gasteiger partial charge in [-0.05, 0) is 49.9 Å². The van der Waals surface area contributed by atoms with Gasteiger partial charge in [0.15, 0.2) is 0 Å². The number of benzene rings is 1. The number of nitrogens with one attached hydrogen (secondary N) is 1. The van der Waals surface area contributed by atoms with Gasteiger partial charge in [-0.25, -0.2) is 9.97 Å². The Morgan fingerprint density at radius 1 is 1.15 bits per heavy atom. The number of hydrogen-bond donors (Lipinski definition) is 2. The van der Waals surface area contributed by atoms with Crippen molar-refractivity contribution in [3.05, 3.63) is 63.5 Å². The number of carbonyl (C=O) groups excluding carboxylic acids is 1. The molecular formula is C24H27ClN4O4. The number of carbonyl (C=O) groups is 1. The van der Waals surface area contributed by atoms with Gasteiger partial charge in [0.05, 0.1) is 17.3 Å². The second kappa shape index (κ2) is 12.1. The third-order valence-corrected chi connectivity index (χ3v) is 5.21. The molecule has 2 aromatic heterocycles. The van der Waals surface area contributed by atoms with E-state index in [4.69, 9.17) is 26.8 Å². The van der Waals surface area contributed by atoms with Crippen molar-refractivity contribution in [2.24, 2.45) is 5.73 Å². The Bertz CT molecular complexity index is 1130. The van der Waals surface area contributed by atoms with Gasteiger partial charge in [0.2, 0.25) is 11.8 Å². The molecule has 0 bridgehead atoms. The molecule has 0 atom stereocenters. The Hall–Kier alpha value is -3.23. The van der Waals surface area contributed by atoms with Crippen molar-refractivity contribution < 1.29 is 14.3 Å². The van der Waals surface area contributed by atoms with Crippen LogP contribution in [0.25, 0.3) is 22.6 Å². The van der Waals surface area contributed by atoms with Crippen molar-refractivity contribution in [3.63, 3.8) is 0 Å². The summed E-state index contributed by atoms with van der Waals surface area (Å²) in [5.74, 6) is 0.541. The van der Waals surface area contributed by atoms with Gasteiger partial charge in [0, 0.05) is 42.5 Å². The van der Waals surface area contributed by atoms with Crippen molar-refractivity contribution in [1.82, 2.24) is 15.0 Å². The van der Waals surface area contributed by atoms with E-state index < -0.39 is 0 Å². The fourth-order valence-corrected chi connectivity index (χ4v) is 3.44. The molecule has 3 rings (SSSR count). The maximum absolute atomic E-state index is 12.4. The molecule has 0 aliphatic carbocycles. The van der Waals surface area contributed by atoms with Gasteiger partial charge in [-0.3, -0.25) is 9.59 Å². The first-order valence-electron chi connectivity index (χ1n) is 10.8. The maximum Gasteiger partial charge on any atom is 0.251 e. The number of aryl methyl sites for hydroxylation is 1. The summed E-state index contributed by atoms with van der Waals surface area (Å²) in [5, 5.41) is 0.479. The molecule has 0 aliphatic heterocycles. The first-order chi connectivity index (χ1) is 16.0. The monoisotopic (exact) mass is 470 g/mol. The largest absolute Gasteiger partial charge is 0.475 e. The Labute approximate surface area is 197 Å². The van der Waals surface area contributed by atoms with E-state index in [2.05, 4.69) is 15.0 Å². The smallest absolute Gasteiger partial charge is 0.251 e. The molecule has 174 valence electrons. The van der Waals surface area contributed by atoms with E-state index in [1.165, 1.54) is 6.07 Å². The van der Waals surface area contributed by atoms with Crippen molar-refractivity contribution >= 4 is 17.5 Å². The average molecular weight is 471 g/mol. The first-order valence-corrected chi connectivity index (χ1v) is 11.2. The zero-order valence-electron chi connectivity index (χ0n) is 18.5. The molecule has 3 aromatic rings. The van der Waals surface area contributed by atoms with Crippen LogP contribution in [0.2, 0.25) is 5.02 Å². The molecule has 33 heavy (non-hydrogen) atoms. The number of nitrogens with zero attached hydrogens (tertiary/aromatic N) is 2. The number of hydrogen-bond acceptors (Lipinski definition) is 6. The summed E-state index contributed by atoms with van der Waals surface area (Å²) in [6.07, 6.45) is 4.27. The van der Waals surface area contributed by atoms with Crippen LogP contribution < -0.4 is 16.0 Å². The normalized spacial score (nSPS) is 10.8. The molecular weight excluding hydrogens is 444 g/mol. The third kappa shape index (κ3) is 7.40. The third-order valence-electron chi connectivity index (χ3n) is 4.88. The lowest BCUT2D eigenvalue weighted by Crippen LogP contribution is -2.10. The topological polar surface area (TPSA) is 120 Å². The predicted molar refractivity (Wildman–Crippen MR) is 127 cm³/mol. The predicted octanol–water partition coefficient (Wildman–Crippen LogP) is 3.77. The minimum absolute atomic E-state index is 0.296. The van der Waals surface area contributed by atoms with Crippen LogP contribution in [0.5, 0.6) is 5.88 Å². The number of aromatic amines is 1. The van der Waals surface area contributed by atoms with Crippen LogP contribution in [0.15, 0.2) is 47.4 Å². The number of rotatable bonds is 12. The van der Waals surface area contributed by atoms with Gasteiger partial charge in [-0.1, -0.05) is 17.7 Å². The second-order valence-corrected chi connectivity index (χ2v) is 7.80. The van der Waals surface area contributed by atoms with E-state index >= 15 is 0 Å². The summed E-state index contributed by atoms with van der Waals surface area (Å²) in [5.41, 5.74) is 7.71. The first kappa shape index (κ1) is 24.4. The van der Waals surface area contributed by atoms with E-state index in [9.17, 15) is 9.59 Å². The highest BCUT2D eigenvalue weighted by Crippen LogP contribution is 2.28. The molecule has 0 saturated heterocycles. The molecule has 0 radical (unpaired) electrons. The molecule has 0 fully saturated rings. The van der Waals surface area contributed by atoms with Crippen molar-refractivity contribution in [2.75, 3.05) is 19.8 Å². The summed E-state index contributed by atoms with van der Waals surface area (Å²) >= 11 is 6.41. The van der Waals surface area contributed by atoms with Gasteiger partial charge in [0.1, 0.15) is 12.4 Å². The molecule has 8 nitrogen and oxygen atoms in total. The number of amides is 1. The summed E-state index contributed by atoms with van der Waals surface area (Å²) in [6.45, 7) is 3.45. The summed E-state index contributed by atoms with van der Waals surface area (Å²) in [6, 6.07) is 10.5. The molecule has 1 aromatic carbocycles. The molecule has 0 spiro atoms. The van der Waals surface area contributed by atoms with E-state index in [0.717, 1.165) is 24.8 Å². The van der Waals surface area contributed by atoms with Gasteiger partial charge in [0.25, 0.3) is 5.56 Å². The van der Waals surface area contributed by atoms with E-state index in [0.29, 0.717) is 59.8 Å². The number of pyridine rings is 1. The van der Waals surface area contributed by atoms with Crippen LogP contribution in [-0.2, 0) is 16.0 Å². The summed E-state index contributed by atoms with van der Waals surface area (Å²) in [4.78, 5) is 34.9. The summed E-state index contributed by atoms with van der Waals surface area (Å²) in [7, 11) is 0. The highest BCUT2D eigenvalue weighted by Gasteiger charge is 2.11. The Kier molecular flexibility index (Phi) is 8.97. The Morgan fingerprint density at radius 2 is 2.00 bits per heavy atom. The van der Waals surface area contributed by atoms with E-state index in [1.54, 1.807) is 24.4 Å². The van der Waals surface area contributed by atoms with Crippen molar-refractivity contribution in [2.45, 2.75) is 32.6 Å². The van der Waals surface area contributed by atoms with Crippen molar-refractivity contribution in [3.8, 4) is 28.5 Å². The minimum atomic E-state index is -0.301. The van der Waals surface area contributed by atoms with E-state index in [1.807, 2.05) is 19.1 Å². The zero-order chi connectivity index (χ0) is 23.6. The van der Waals surface area contributed by atoms with Crippen molar-refractivity contribution in [1.29, 1.82) is 0 Å². The SMILES string of the molecule is CCOCCOc1ccc(-c2cc(=O)[nH]c(-c3cc(CCCCC(N)=O)ccc3Cl)n2)cn1. The van der Waals surface area contributed by atoms with Crippen LogP contribution in [0.4, 0.5) is 0 Å². The number of nitrogens with two attached hydrogens (primary N) is 1. The number of halogens is 1. The zero-order valence-corrected chi connectivity index (χ0v) is 19.2. The Morgan fingerprint density at radius 3 is 2.73 bits per heavy atom. The molecule has 0 aliphatic rings.